The predicted molar refractivity (Wildman–Crippen MR) is 120 cm³/mol. The first-order valence-electron chi connectivity index (χ1n) is 9.95. The molecule has 31 heavy (non-hydrogen) atoms. The van der Waals surface area contributed by atoms with Crippen LogP contribution in [0.15, 0.2) is 77.7 Å². The van der Waals surface area contributed by atoms with Crippen LogP contribution in [0.4, 0.5) is 0 Å². The molecule has 0 aliphatic carbocycles. The molecule has 0 saturated heterocycles. The molecule has 0 radical (unpaired) electrons. The van der Waals surface area contributed by atoms with Gasteiger partial charge in [-0.15, -0.1) is 0 Å². The van der Waals surface area contributed by atoms with Gasteiger partial charge in [0.2, 0.25) is 15.9 Å². The third-order valence-electron chi connectivity index (χ3n) is 4.79. The average Bonchev–Trinajstić information content (AvgIpc) is 2.75. The number of nitrogens with one attached hydrogen (secondary N) is 1. The average molecular weight is 439 g/mol. The van der Waals surface area contributed by atoms with E-state index >= 15 is 0 Å². The van der Waals surface area contributed by atoms with Crippen LogP contribution >= 0.6 is 0 Å². The summed E-state index contributed by atoms with van der Waals surface area (Å²) in [7, 11) is -3.70. The lowest BCUT2D eigenvalue weighted by atomic mass is 10.1. The van der Waals surface area contributed by atoms with Crippen molar-refractivity contribution in [3.05, 3.63) is 95.1 Å². The minimum atomic E-state index is -3.70. The van der Waals surface area contributed by atoms with Crippen LogP contribution in [0.3, 0.4) is 0 Å². The summed E-state index contributed by atoms with van der Waals surface area (Å²) in [6, 6.07) is 22.1. The number of hydrogen-bond donors (Lipinski definition) is 2. The van der Waals surface area contributed by atoms with Gasteiger partial charge in [0.1, 0.15) is 12.4 Å². The van der Waals surface area contributed by atoms with Crippen molar-refractivity contribution in [2.24, 2.45) is 5.14 Å². The number of amides is 1. The molecule has 0 aliphatic heterocycles. The van der Waals surface area contributed by atoms with Crippen molar-refractivity contribution in [1.29, 1.82) is 0 Å². The van der Waals surface area contributed by atoms with Crippen LogP contribution in [-0.2, 0) is 34.4 Å². The summed E-state index contributed by atoms with van der Waals surface area (Å²) in [6.45, 7) is 2.99. The number of ether oxygens (including phenoxy) is 1. The van der Waals surface area contributed by atoms with Gasteiger partial charge in [-0.05, 0) is 54.3 Å². The molecule has 0 aromatic heterocycles. The lowest BCUT2D eigenvalue weighted by molar-refractivity contribution is -0.121. The second-order valence-electron chi connectivity index (χ2n) is 7.39. The van der Waals surface area contributed by atoms with Gasteiger partial charge in [0, 0.05) is 13.0 Å². The summed E-state index contributed by atoms with van der Waals surface area (Å²) >= 11 is 0. The molecule has 0 aliphatic rings. The molecule has 0 atom stereocenters. The Morgan fingerprint density at radius 3 is 2.26 bits per heavy atom. The SMILES string of the molecule is Cc1cccc(COc2ccc(CNC(=O)CCc3ccc(S(N)(=O)=O)cc3)cc2)c1. The summed E-state index contributed by atoms with van der Waals surface area (Å²) in [5.41, 5.74) is 4.18. The van der Waals surface area contributed by atoms with E-state index in [0.717, 1.165) is 22.4 Å². The Morgan fingerprint density at radius 2 is 1.61 bits per heavy atom. The smallest absolute Gasteiger partial charge is 0.238 e. The van der Waals surface area contributed by atoms with Gasteiger partial charge >= 0.3 is 0 Å². The number of hydrogen-bond acceptors (Lipinski definition) is 4. The Labute approximate surface area is 183 Å². The molecular weight excluding hydrogens is 412 g/mol. The van der Waals surface area contributed by atoms with E-state index in [2.05, 4.69) is 24.4 Å². The summed E-state index contributed by atoms with van der Waals surface area (Å²) in [5, 5.41) is 7.97. The van der Waals surface area contributed by atoms with Gasteiger partial charge in [0.25, 0.3) is 0 Å². The first-order valence-corrected chi connectivity index (χ1v) is 11.5. The van der Waals surface area contributed by atoms with Crippen molar-refractivity contribution >= 4 is 15.9 Å². The van der Waals surface area contributed by atoms with Crippen molar-refractivity contribution in [2.75, 3.05) is 0 Å². The molecule has 6 nitrogen and oxygen atoms in total. The van der Waals surface area contributed by atoms with E-state index in [1.807, 2.05) is 36.4 Å². The fraction of sp³-hybridized carbons (Fsp3) is 0.208. The lowest BCUT2D eigenvalue weighted by Gasteiger charge is -2.09. The molecule has 162 valence electrons. The minimum Gasteiger partial charge on any atom is -0.489 e. The molecule has 7 heteroatoms. The maximum Gasteiger partial charge on any atom is 0.238 e. The third-order valence-corrected chi connectivity index (χ3v) is 5.72. The van der Waals surface area contributed by atoms with E-state index in [-0.39, 0.29) is 10.8 Å². The van der Waals surface area contributed by atoms with Crippen LogP contribution in [0.2, 0.25) is 0 Å². The van der Waals surface area contributed by atoms with Crippen LogP contribution in [0, 0.1) is 6.92 Å². The molecule has 0 unspecified atom stereocenters. The van der Waals surface area contributed by atoms with Crippen molar-refractivity contribution in [3.8, 4) is 5.75 Å². The Morgan fingerprint density at radius 1 is 0.935 bits per heavy atom. The van der Waals surface area contributed by atoms with Gasteiger partial charge in [-0.2, -0.15) is 0 Å². The quantitative estimate of drug-likeness (QED) is 0.534. The normalized spacial score (nSPS) is 11.2. The van der Waals surface area contributed by atoms with Crippen LogP contribution in [-0.4, -0.2) is 14.3 Å². The van der Waals surface area contributed by atoms with Crippen molar-refractivity contribution in [2.45, 2.75) is 37.8 Å². The number of carbonyl (C=O) groups is 1. The largest absolute Gasteiger partial charge is 0.489 e. The number of benzene rings is 3. The number of rotatable bonds is 9. The highest BCUT2D eigenvalue weighted by Gasteiger charge is 2.08. The maximum absolute atomic E-state index is 12.1. The Bertz CT molecular complexity index is 1130. The zero-order valence-electron chi connectivity index (χ0n) is 17.4. The van der Waals surface area contributed by atoms with E-state index in [4.69, 9.17) is 9.88 Å². The number of aryl methyl sites for hydroxylation is 2. The Kier molecular flexibility index (Phi) is 7.44. The number of carbonyl (C=O) groups excluding carboxylic acids is 1. The van der Waals surface area contributed by atoms with E-state index in [1.165, 1.54) is 17.7 Å². The molecule has 0 fully saturated rings. The minimum absolute atomic E-state index is 0.0620. The van der Waals surface area contributed by atoms with E-state index in [9.17, 15) is 13.2 Å². The molecular formula is C24H26N2O4S. The molecule has 1 amide bonds. The summed E-state index contributed by atoms with van der Waals surface area (Å²) in [5.74, 6) is 0.704. The Balaban J connectivity index is 1.41. The van der Waals surface area contributed by atoms with Gasteiger partial charge < -0.3 is 10.1 Å². The molecule has 3 aromatic carbocycles. The fourth-order valence-electron chi connectivity index (χ4n) is 3.06. The Hall–Kier alpha value is -3.16. The molecule has 3 N–H and O–H groups in total. The highest BCUT2D eigenvalue weighted by molar-refractivity contribution is 7.89. The van der Waals surface area contributed by atoms with Gasteiger partial charge in [-0.25, -0.2) is 13.6 Å². The zero-order chi connectivity index (χ0) is 22.3. The van der Waals surface area contributed by atoms with Gasteiger partial charge in [0.05, 0.1) is 4.90 Å². The number of primary sulfonamides is 1. The monoisotopic (exact) mass is 438 g/mol. The number of sulfonamides is 1. The van der Waals surface area contributed by atoms with E-state index in [0.29, 0.717) is 26.0 Å². The summed E-state index contributed by atoms with van der Waals surface area (Å²) < 4.78 is 28.4. The predicted octanol–water partition coefficient (Wildman–Crippen LogP) is 3.47. The van der Waals surface area contributed by atoms with Crippen molar-refractivity contribution in [3.63, 3.8) is 0 Å². The van der Waals surface area contributed by atoms with Gasteiger partial charge in [-0.3, -0.25) is 4.79 Å². The molecule has 3 aromatic rings. The van der Waals surface area contributed by atoms with Gasteiger partial charge in [-0.1, -0.05) is 54.1 Å². The lowest BCUT2D eigenvalue weighted by Crippen LogP contribution is -2.23. The van der Waals surface area contributed by atoms with Crippen LogP contribution in [0.5, 0.6) is 5.75 Å². The highest BCUT2D eigenvalue weighted by Crippen LogP contribution is 2.15. The zero-order valence-corrected chi connectivity index (χ0v) is 18.2. The fourth-order valence-corrected chi connectivity index (χ4v) is 3.58. The molecule has 0 saturated carbocycles. The topological polar surface area (TPSA) is 98.5 Å². The second kappa shape index (κ2) is 10.2. The molecule has 0 heterocycles. The first kappa shape index (κ1) is 22.5. The molecule has 0 bridgehead atoms. The van der Waals surface area contributed by atoms with Crippen LogP contribution in [0.1, 0.15) is 28.7 Å². The second-order valence-corrected chi connectivity index (χ2v) is 8.95. The maximum atomic E-state index is 12.1. The van der Waals surface area contributed by atoms with E-state index < -0.39 is 10.0 Å². The first-order chi connectivity index (χ1) is 14.8. The molecule has 0 spiro atoms. The van der Waals surface area contributed by atoms with Crippen LogP contribution < -0.4 is 15.2 Å². The van der Waals surface area contributed by atoms with Crippen LogP contribution in [0.25, 0.3) is 0 Å². The summed E-state index contributed by atoms with van der Waals surface area (Å²) in [6.07, 6.45) is 0.828. The summed E-state index contributed by atoms with van der Waals surface area (Å²) in [4.78, 5) is 12.2. The van der Waals surface area contributed by atoms with Gasteiger partial charge in [0.15, 0.2) is 0 Å². The highest BCUT2D eigenvalue weighted by atomic mass is 32.2. The number of nitrogens with two attached hydrogens (primary N) is 1. The van der Waals surface area contributed by atoms with Crippen molar-refractivity contribution in [1.82, 2.24) is 5.32 Å². The standard InChI is InChI=1S/C24H26N2O4S/c1-18-3-2-4-21(15-18)17-30-22-10-5-20(6-11-22)16-26-24(27)14-9-19-7-12-23(13-8-19)31(25,28)29/h2-8,10-13,15H,9,14,16-17H2,1H3,(H,26,27)(H2,25,28,29). The molecule has 3 rings (SSSR count). The van der Waals surface area contributed by atoms with Crippen molar-refractivity contribution < 1.29 is 17.9 Å². The third kappa shape index (κ3) is 7.24. The van der Waals surface area contributed by atoms with E-state index in [1.54, 1.807) is 12.1 Å².